The van der Waals surface area contributed by atoms with Gasteiger partial charge in [-0.05, 0) is 30.3 Å². The van der Waals surface area contributed by atoms with E-state index >= 15 is 0 Å². The summed E-state index contributed by atoms with van der Waals surface area (Å²) in [6.07, 6.45) is 1.42. The molecule has 20 heavy (non-hydrogen) atoms. The lowest BCUT2D eigenvalue weighted by Crippen LogP contribution is -1.98. The maximum absolute atomic E-state index is 12.1. The predicted molar refractivity (Wildman–Crippen MR) is 74.2 cm³/mol. The summed E-state index contributed by atoms with van der Waals surface area (Å²) in [7, 11) is 0. The number of phenols is 2. The van der Waals surface area contributed by atoms with Gasteiger partial charge in [0.05, 0.1) is 5.56 Å². The number of rotatable bonds is 1. The first-order valence-corrected chi connectivity index (χ1v) is 6.18. The van der Waals surface area contributed by atoms with Gasteiger partial charge in [0.15, 0.2) is 5.76 Å². The molecule has 100 valence electrons. The fraction of sp³-hybridized carbons (Fsp3) is 0. The van der Waals surface area contributed by atoms with E-state index in [1.165, 1.54) is 24.3 Å². The average molecular weight is 289 g/mol. The number of Topliss-reactive ketones (excluding diaryl/α,β-unsaturated/α-hetero) is 1. The fourth-order valence-electron chi connectivity index (χ4n) is 1.96. The molecule has 3 rings (SSSR count). The molecule has 0 fully saturated rings. The summed E-state index contributed by atoms with van der Waals surface area (Å²) in [5.41, 5.74) is 0.809. The number of benzene rings is 2. The topological polar surface area (TPSA) is 66.8 Å². The Morgan fingerprint density at radius 1 is 1.10 bits per heavy atom. The maximum Gasteiger partial charge on any atom is 0.231 e. The zero-order valence-corrected chi connectivity index (χ0v) is 10.9. The molecule has 0 aliphatic carbocycles. The van der Waals surface area contributed by atoms with Crippen LogP contribution in [0.5, 0.6) is 17.2 Å². The van der Waals surface area contributed by atoms with E-state index in [4.69, 9.17) is 16.3 Å². The second-order valence-corrected chi connectivity index (χ2v) is 4.76. The zero-order chi connectivity index (χ0) is 14.3. The first-order valence-electron chi connectivity index (χ1n) is 5.80. The molecule has 1 heterocycles. The summed E-state index contributed by atoms with van der Waals surface area (Å²) in [4.78, 5) is 12.1. The van der Waals surface area contributed by atoms with Gasteiger partial charge in [-0.3, -0.25) is 4.79 Å². The maximum atomic E-state index is 12.1. The van der Waals surface area contributed by atoms with Gasteiger partial charge in [-0.25, -0.2) is 0 Å². The van der Waals surface area contributed by atoms with Crippen molar-refractivity contribution in [2.24, 2.45) is 0 Å². The number of ether oxygens (including phenoxy) is 1. The van der Waals surface area contributed by atoms with E-state index in [-0.39, 0.29) is 23.0 Å². The van der Waals surface area contributed by atoms with Crippen LogP contribution in [0.4, 0.5) is 0 Å². The predicted octanol–water partition coefficient (Wildman–Crippen LogP) is 3.37. The van der Waals surface area contributed by atoms with E-state index in [0.29, 0.717) is 21.9 Å². The number of fused-ring (bicyclic) bond motifs is 1. The van der Waals surface area contributed by atoms with Crippen molar-refractivity contribution in [3.63, 3.8) is 0 Å². The lowest BCUT2D eigenvalue weighted by molar-refractivity contribution is 0.101. The standard InChI is InChI=1S/C15H9ClO4/c16-9-2-4-11-13(6-9)20-14(15(11)19)5-8-1-3-10(17)7-12(8)18/h1-7,17-18H/b14-5-. The van der Waals surface area contributed by atoms with Gasteiger partial charge in [0.1, 0.15) is 17.2 Å². The van der Waals surface area contributed by atoms with Crippen LogP contribution in [0.15, 0.2) is 42.2 Å². The summed E-state index contributed by atoms with van der Waals surface area (Å²) in [5.74, 6) is 0.0284. The van der Waals surface area contributed by atoms with E-state index in [1.807, 2.05) is 0 Å². The largest absolute Gasteiger partial charge is 0.508 e. The lowest BCUT2D eigenvalue weighted by atomic mass is 10.1. The Hall–Kier alpha value is -2.46. The molecule has 0 radical (unpaired) electrons. The minimum absolute atomic E-state index is 0.0571. The third kappa shape index (κ3) is 2.10. The molecular formula is C15H9ClO4. The summed E-state index contributed by atoms with van der Waals surface area (Å²) >= 11 is 5.84. The monoisotopic (exact) mass is 288 g/mol. The van der Waals surface area contributed by atoms with E-state index < -0.39 is 0 Å². The van der Waals surface area contributed by atoms with Crippen molar-refractivity contribution in [3.05, 3.63) is 58.3 Å². The molecule has 0 spiro atoms. The minimum atomic E-state index is -0.274. The number of halogens is 1. The molecule has 0 saturated heterocycles. The quantitative estimate of drug-likeness (QED) is 0.790. The third-order valence-corrected chi connectivity index (χ3v) is 3.17. The summed E-state index contributed by atoms with van der Waals surface area (Å²) in [5, 5.41) is 19.4. The van der Waals surface area contributed by atoms with Crippen LogP contribution in [0.25, 0.3) is 6.08 Å². The summed E-state index contributed by atoms with van der Waals surface area (Å²) < 4.78 is 5.44. The molecule has 0 atom stereocenters. The van der Waals surface area contributed by atoms with Gasteiger partial charge in [0.25, 0.3) is 0 Å². The van der Waals surface area contributed by atoms with Crippen LogP contribution in [-0.4, -0.2) is 16.0 Å². The van der Waals surface area contributed by atoms with Crippen LogP contribution >= 0.6 is 11.6 Å². The molecule has 5 heteroatoms. The molecule has 0 bridgehead atoms. The van der Waals surface area contributed by atoms with Crippen molar-refractivity contribution in [3.8, 4) is 17.2 Å². The van der Waals surface area contributed by atoms with Crippen LogP contribution in [0.2, 0.25) is 5.02 Å². The molecule has 2 aromatic rings. The Balaban J connectivity index is 2.01. The minimum Gasteiger partial charge on any atom is -0.508 e. The van der Waals surface area contributed by atoms with Gasteiger partial charge in [-0.2, -0.15) is 0 Å². The first kappa shape index (κ1) is 12.6. The average Bonchev–Trinajstić information content (AvgIpc) is 2.69. The Morgan fingerprint density at radius 2 is 1.90 bits per heavy atom. The van der Waals surface area contributed by atoms with E-state index in [9.17, 15) is 15.0 Å². The number of allylic oxidation sites excluding steroid dienone is 1. The number of phenolic OH excluding ortho intramolecular Hbond substituents is 2. The molecule has 2 N–H and O–H groups in total. The Bertz CT molecular complexity index is 750. The van der Waals surface area contributed by atoms with Crippen molar-refractivity contribution in [1.29, 1.82) is 0 Å². The van der Waals surface area contributed by atoms with Crippen LogP contribution in [-0.2, 0) is 0 Å². The molecule has 0 unspecified atom stereocenters. The molecule has 0 amide bonds. The van der Waals surface area contributed by atoms with Gasteiger partial charge in [-0.15, -0.1) is 0 Å². The molecule has 1 aliphatic heterocycles. The van der Waals surface area contributed by atoms with Gasteiger partial charge < -0.3 is 14.9 Å². The van der Waals surface area contributed by atoms with E-state index in [1.54, 1.807) is 18.2 Å². The highest BCUT2D eigenvalue weighted by molar-refractivity contribution is 6.31. The smallest absolute Gasteiger partial charge is 0.231 e. The van der Waals surface area contributed by atoms with Crippen molar-refractivity contribution in [2.75, 3.05) is 0 Å². The van der Waals surface area contributed by atoms with Crippen molar-refractivity contribution < 1.29 is 19.7 Å². The summed E-state index contributed by atoms with van der Waals surface area (Å²) in [6.45, 7) is 0. The Labute approximate surface area is 119 Å². The molecule has 4 nitrogen and oxygen atoms in total. The second kappa shape index (κ2) is 4.58. The highest BCUT2D eigenvalue weighted by Gasteiger charge is 2.27. The molecule has 0 aromatic heterocycles. The van der Waals surface area contributed by atoms with Crippen LogP contribution in [0.1, 0.15) is 15.9 Å². The number of ketones is 1. The second-order valence-electron chi connectivity index (χ2n) is 4.32. The van der Waals surface area contributed by atoms with Gasteiger partial charge >= 0.3 is 0 Å². The molecular weight excluding hydrogens is 280 g/mol. The third-order valence-electron chi connectivity index (χ3n) is 2.93. The van der Waals surface area contributed by atoms with Crippen molar-refractivity contribution >= 4 is 23.5 Å². The lowest BCUT2D eigenvalue weighted by Gasteiger charge is -2.01. The molecule has 1 aliphatic rings. The van der Waals surface area contributed by atoms with Gasteiger partial charge in [0, 0.05) is 22.7 Å². The number of carbonyl (C=O) groups is 1. The zero-order valence-electron chi connectivity index (χ0n) is 10.1. The Morgan fingerprint density at radius 3 is 2.65 bits per heavy atom. The number of aromatic hydroxyl groups is 2. The van der Waals surface area contributed by atoms with Crippen molar-refractivity contribution in [1.82, 2.24) is 0 Å². The van der Waals surface area contributed by atoms with Gasteiger partial charge in [-0.1, -0.05) is 11.6 Å². The SMILES string of the molecule is O=C1/C(=C/c2ccc(O)cc2O)Oc2cc(Cl)ccc21. The van der Waals surface area contributed by atoms with Gasteiger partial charge in [0.2, 0.25) is 5.78 Å². The number of hydrogen-bond acceptors (Lipinski definition) is 4. The van der Waals surface area contributed by atoms with Crippen LogP contribution in [0.3, 0.4) is 0 Å². The molecule has 2 aromatic carbocycles. The van der Waals surface area contributed by atoms with Crippen LogP contribution in [0, 0.1) is 0 Å². The van der Waals surface area contributed by atoms with Crippen molar-refractivity contribution in [2.45, 2.75) is 0 Å². The highest BCUT2D eigenvalue weighted by atomic mass is 35.5. The van der Waals surface area contributed by atoms with Crippen LogP contribution < -0.4 is 4.74 Å². The number of carbonyl (C=O) groups excluding carboxylic acids is 1. The fourth-order valence-corrected chi connectivity index (χ4v) is 2.12. The summed E-state index contributed by atoms with van der Waals surface area (Å²) in [6, 6.07) is 8.86. The number of hydrogen-bond donors (Lipinski definition) is 2. The van der Waals surface area contributed by atoms with E-state index in [0.717, 1.165) is 0 Å². The van der Waals surface area contributed by atoms with E-state index in [2.05, 4.69) is 0 Å². The molecule has 0 saturated carbocycles. The Kier molecular flexibility index (Phi) is 2.88. The normalized spacial score (nSPS) is 15.2. The highest BCUT2D eigenvalue weighted by Crippen LogP contribution is 2.35. The first-order chi connectivity index (χ1) is 9.54.